The second kappa shape index (κ2) is 5.88. The van der Waals surface area contributed by atoms with Crippen molar-refractivity contribution in [2.24, 2.45) is 0 Å². The van der Waals surface area contributed by atoms with Crippen LogP contribution in [0.3, 0.4) is 0 Å². The van der Waals surface area contributed by atoms with Gasteiger partial charge in [0.25, 0.3) is 0 Å². The maximum atomic E-state index is 4.14. The van der Waals surface area contributed by atoms with E-state index in [1.165, 1.54) is 41.8 Å². The van der Waals surface area contributed by atoms with Crippen molar-refractivity contribution in [3.8, 4) is 0 Å². The van der Waals surface area contributed by atoms with Crippen molar-refractivity contribution in [2.75, 3.05) is 0 Å². The lowest BCUT2D eigenvalue weighted by atomic mass is 10.2. The fourth-order valence-electron chi connectivity index (χ4n) is 2.92. The predicted molar refractivity (Wildman–Crippen MR) is 79.1 cm³/mol. The first kappa shape index (κ1) is 12.9. The minimum Gasteiger partial charge on any atom is -0.347 e. The lowest BCUT2D eigenvalue weighted by Gasteiger charge is -2.28. The molecule has 0 bridgehead atoms. The molecule has 1 saturated carbocycles. The van der Waals surface area contributed by atoms with E-state index in [4.69, 9.17) is 0 Å². The molecular formula is C15H21N3S. The highest BCUT2D eigenvalue weighted by Crippen LogP contribution is 2.28. The van der Waals surface area contributed by atoms with Crippen LogP contribution in [0.15, 0.2) is 24.0 Å². The minimum atomic E-state index is 0.741. The van der Waals surface area contributed by atoms with Gasteiger partial charge in [-0.3, -0.25) is 4.90 Å². The third-order valence-corrected chi connectivity index (χ3v) is 5.09. The van der Waals surface area contributed by atoms with Gasteiger partial charge >= 0.3 is 0 Å². The fourth-order valence-corrected chi connectivity index (χ4v) is 3.85. The summed E-state index contributed by atoms with van der Waals surface area (Å²) in [5.74, 6) is 0. The zero-order valence-electron chi connectivity index (χ0n) is 11.4. The molecule has 0 atom stereocenters. The van der Waals surface area contributed by atoms with Crippen molar-refractivity contribution < 1.29 is 0 Å². The van der Waals surface area contributed by atoms with Crippen LogP contribution in [-0.2, 0) is 13.1 Å². The summed E-state index contributed by atoms with van der Waals surface area (Å²) in [6.45, 7) is 4.28. The van der Waals surface area contributed by atoms with Gasteiger partial charge in [-0.05, 0) is 36.8 Å². The molecule has 0 amide bonds. The Kier molecular flexibility index (Phi) is 3.99. The average molecular weight is 275 g/mol. The number of aromatic nitrogens is 2. The van der Waals surface area contributed by atoms with Crippen LogP contribution in [0.4, 0.5) is 0 Å². The van der Waals surface area contributed by atoms with E-state index in [1.807, 2.05) is 17.5 Å². The topological polar surface area (TPSA) is 31.9 Å². The predicted octanol–water partition coefficient (Wildman–Crippen LogP) is 3.72. The number of imidazole rings is 1. The Morgan fingerprint density at radius 2 is 2.21 bits per heavy atom. The molecule has 3 nitrogen and oxygen atoms in total. The summed E-state index contributed by atoms with van der Waals surface area (Å²) >= 11 is 1.88. The molecule has 2 heterocycles. The summed E-state index contributed by atoms with van der Waals surface area (Å²) in [4.78, 5) is 11.5. The number of H-pyrrole nitrogens is 1. The first-order chi connectivity index (χ1) is 9.33. The van der Waals surface area contributed by atoms with Gasteiger partial charge in [0.05, 0.1) is 6.33 Å². The second-order valence-corrected chi connectivity index (χ2v) is 6.45. The van der Waals surface area contributed by atoms with Crippen LogP contribution in [0.25, 0.3) is 0 Å². The lowest BCUT2D eigenvalue weighted by Crippen LogP contribution is -2.32. The Hall–Kier alpha value is -1.13. The number of nitrogens with one attached hydrogen (secondary N) is 1. The number of hydrogen-bond acceptors (Lipinski definition) is 3. The Labute approximate surface area is 118 Å². The Balaban J connectivity index is 1.73. The standard InChI is InChI=1S/C15H21N3S/c1-12-6-7-19-15(12)10-18(14-4-2-3-5-14)9-13-8-16-11-17-13/h6-8,11,14H,2-5,9-10H2,1H3,(H,16,17). The monoisotopic (exact) mass is 275 g/mol. The van der Waals surface area contributed by atoms with E-state index < -0.39 is 0 Å². The van der Waals surface area contributed by atoms with Gasteiger partial charge in [0.2, 0.25) is 0 Å². The van der Waals surface area contributed by atoms with Gasteiger partial charge in [-0.2, -0.15) is 0 Å². The number of nitrogens with zero attached hydrogens (tertiary/aromatic N) is 2. The summed E-state index contributed by atoms with van der Waals surface area (Å²) in [7, 11) is 0. The molecule has 102 valence electrons. The van der Waals surface area contributed by atoms with Gasteiger partial charge in [0.15, 0.2) is 0 Å². The van der Waals surface area contributed by atoms with Crippen LogP contribution in [0, 0.1) is 6.92 Å². The van der Waals surface area contributed by atoms with Crippen LogP contribution >= 0.6 is 11.3 Å². The first-order valence-electron chi connectivity index (χ1n) is 7.07. The maximum absolute atomic E-state index is 4.14. The molecule has 0 aromatic carbocycles. The molecule has 2 aromatic rings. The molecule has 1 N–H and O–H groups in total. The van der Waals surface area contributed by atoms with E-state index in [0.717, 1.165) is 19.1 Å². The molecule has 2 aromatic heterocycles. The van der Waals surface area contributed by atoms with Crippen LogP contribution in [-0.4, -0.2) is 20.9 Å². The first-order valence-corrected chi connectivity index (χ1v) is 7.95. The Bertz CT molecular complexity index is 497. The number of rotatable bonds is 5. The molecule has 1 aliphatic rings. The highest BCUT2D eigenvalue weighted by molar-refractivity contribution is 7.10. The molecule has 1 aliphatic carbocycles. The van der Waals surface area contributed by atoms with E-state index in [1.54, 1.807) is 6.33 Å². The maximum Gasteiger partial charge on any atom is 0.0922 e. The van der Waals surface area contributed by atoms with Crippen molar-refractivity contribution in [1.82, 2.24) is 14.9 Å². The normalized spacial score (nSPS) is 16.5. The van der Waals surface area contributed by atoms with Gasteiger partial charge in [-0.25, -0.2) is 4.98 Å². The fraction of sp³-hybridized carbons (Fsp3) is 0.533. The molecule has 4 heteroatoms. The molecule has 0 radical (unpaired) electrons. The zero-order chi connectivity index (χ0) is 13.1. The third kappa shape index (κ3) is 3.07. The van der Waals surface area contributed by atoms with E-state index in [-0.39, 0.29) is 0 Å². The van der Waals surface area contributed by atoms with Gasteiger partial charge in [0, 0.05) is 35.9 Å². The molecule has 0 saturated heterocycles. The highest BCUT2D eigenvalue weighted by Gasteiger charge is 2.23. The molecule has 1 fully saturated rings. The SMILES string of the molecule is Cc1ccsc1CN(Cc1cnc[nH]1)C1CCCC1. The number of thiophene rings is 1. The molecule has 3 rings (SSSR count). The van der Waals surface area contributed by atoms with E-state index in [9.17, 15) is 0 Å². The second-order valence-electron chi connectivity index (χ2n) is 5.45. The van der Waals surface area contributed by atoms with Crippen LogP contribution in [0.5, 0.6) is 0 Å². The Morgan fingerprint density at radius 3 is 2.84 bits per heavy atom. The molecule has 19 heavy (non-hydrogen) atoms. The van der Waals surface area contributed by atoms with Crippen molar-refractivity contribution >= 4 is 11.3 Å². The van der Waals surface area contributed by atoms with E-state index >= 15 is 0 Å². The quantitative estimate of drug-likeness (QED) is 0.901. The molecule has 0 spiro atoms. The van der Waals surface area contributed by atoms with Crippen molar-refractivity contribution in [2.45, 2.75) is 51.7 Å². The van der Waals surface area contributed by atoms with Gasteiger partial charge < -0.3 is 4.98 Å². The number of hydrogen-bond donors (Lipinski definition) is 1. The smallest absolute Gasteiger partial charge is 0.0922 e. The molecule has 0 aliphatic heterocycles. The van der Waals surface area contributed by atoms with Crippen LogP contribution in [0.1, 0.15) is 41.8 Å². The largest absolute Gasteiger partial charge is 0.347 e. The summed E-state index contributed by atoms with van der Waals surface area (Å²) in [5.41, 5.74) is 2.65. The molecule has 0 unspecified atom stereocenters. The van der Waals surface area contributed by atoms with Gasteiger partial charge in [0.1, 0.15) is 0 Å². The van der Waals surface area contributed by atoms with Gasteiger partial charge in [-0.15, -0.1) is 11.3 Å². The number of aryl methyl sites for hydroxylation is 1. The van der Waals surface area contributed by atoms with Gasteiger partial charge in [-0.1, -0.05) is 12.8 Å². The van der Waals surface area contributed by atoms with Crippen molar-refractivity contribution in [3.63, 3.8) is 0 Å². The summed E-state index contributed by atoms with van der Waals surface area (Å²) in [6.07, 6.45) is 9.18. The lowest BCUT2D eigenvalue weighted by molar-refractivity contribution is 0.180. The zero-order valence-corrected chi connectivity index (χ0v) is 12.2. The average Bonchev–Trinajstić information content (AvgIpc) is 3.11. The highest BCUT2D eigenvalue weighted by atomic mass is 32.1. The van der Waals surface area contributed by atoms with E-state index in [0.29, 0.717) is 0 Å². The summed E-state index contributed by atoms with van der Waals surface area (Å²) in [6, 6.07) is 2.97. The van der Waals surface area contributed by atoms with Crippen molar-refractivity contribution in [1.29, 1.82) is 0 Å². The number of aromatic amines is 1. The minimum absolute atomic E-state index is 0.741. The van der Waals surface area contributed by atoms with Crippen LogP contribution < -0.4 is 0 Å². The van der Waals surface area contributed by atoms with E-state index in [2.05, 4.69) is 33.2 Å². The summed E-state index contributed by atoms with van der Waals surface area (Å²) < 4.78 is 0. The van der Waals surface area contributed by atoms with Crippen molar-refractivity contribution in [3.05, 3.63) is 40.1 Å². The summed E-state index contributed by atoms with van der Waals surface area (Å²) in [5, 5.41) is 2.20. The molecular weight excluding hydrogens is 254 g/mol. The Morgan fingerprint density at radius 1 is 1.37 bits per heavy atom. The van der Waals surface area contributed by atoms with Crippen LogP contribution in [0.2, 0.25) is 0 Å². The third-order valence-electron chi connectivity index (χ3n) is 4.08.